The molecule has 7 rings (SSSR count). The zero-order valence-electron chi connectivity index (χ0n) is 28.4. The maximum Gasteiger partial charge on any atom is 0.256 e. The number of nitrogens with one attached hydrogen (secondary N) is 1. The molecule has 1 unspecified atom stereocenters. The van der Waals surface area contributed by atoms with Crippen molar-refractivity contribution in [2.45, 2.75) is 89.2 Å². The molecule has 4 aromatic rings. The van der Waals surface area contributed by atoms with Crippen molar-refractivity contribution >= 4 is 23.2 Å². The second kappa shape index (κ2) is 15.4. The lowest BCUT2D eigenvalue weighted by molar-refractivity contribution is -0.0458. The molecule has 13 nitrogen and oxygen atoms in total. The first-order valence-electron chi connectivity index (χ1n) is 17.4. The molecule has 1 saturated carbocycles. The minimum atomic E-state index is -0.165. The third-order valence-electron chi connectivity index (χ3n) is 9.81. The number of fused-ring (bicyclic) bond motifs is 2. The van der Waals surface area contributed by atoms with E-state index in [1.807, 2.05) is 31.3 Å². The molecular formula is C35H46ClN9O4. The molecule has 262 valence electrons. The van der Waals surface area contributed by atoms with Crippen LogP contribution in [0, 0.1) is 5.92 Å². The molecule has 1 N–H and O–H groups in total. The van der Waals surface area contributed by atoms with Gasteiger partial charge in [0.25, 0.3) is 5.88 Å². The maximum atomic E-state index is 6.48. The molecular weight excluding hydrogens is 646 g/mol. The number of anilines is 2. The zero-order chi connectivity index (χ0) is 33.7. The minimum absolute atomic E-state index is 0.165. The normalized spacial score (nSPS) is 23.7. The van der Waals surface area contributed by atoms with Crippen LogP contribution in [-0.4, -0.2) is 97.2 Å². The Kier molecular flexibility index (Phi) is 10.6. The molecule has 0 radical (unpaired) electrons. The van der Waals surface area contributed by atoms with E-state index in [0.717, 1.165) is 42.9 Å². The predicted molar refractivity (Wildman–Crippen MR) is 185 cm³/mol. The highest BCUT2D eigenvalue weighted by molar-refractivity contribution is 6.32. The van der Waals surface area contributed by atoms with Crippen LogP contribution in [0.1, 0.15) is 58.4 Å². The summed E-state index contributed by atoms with van der Waals surface area (Å²) < 4.78 is 27.4. The summed E-state index contributed by atoms with van der Waals surface area (Å²) in [5.74, 6) is 1.80. The molecule has 2 bridgehead atoms. The summed E-state index contributed by atoms with van der Waals surface area (Å²) in [5, 5.41) is 13.0. The van der Waals surface area contributed by atoms with Gasteiger partial charge in [-0.2, -0.15) is 5.10 Å². The van der Waals surface area contributed by atoms with Gasteiger partial charge in [-0.05, 0) is 63.1 Å². The Morgan fingerprint density at radius 3 is 2.41 bits per heavy atom. The van der Waals surface area contributed by atoms with E-state index in [9.17, 15) is 0 Å². The fourth-order valence-corrected chi connectivity index (χ4v) is 7.63. The Labute approximate surface area is 292 Å². The number of nitrogens with zero attached hydrogens (tertiary/aromatic N) is 8. The second-order valence-corrected chi connectivity index (χ2v) is 14.1. The van der Waals surface area contributed by atoms with Crippen LogP contribution >= 0.6 is 11.6 Å². The summed E-state index contributed by atoms with van der Waals surface area (Å²) in [6.07, 6.45) is 15.7. The molecule has 14 heteroatoms. The van der Waals surface area contributed by atoms with Crippen molar-refractivity contribution in [1.82, 2.24) is 39.4 Å². The fraction of sp³-hybridized carbons (Fsp3) is 0.571. The van der Waals surface area contributed by atoms with Gasteiger partial charge in [-0.15, -0.1) is 5.10 Å². The van der Waals surface area contributed by atoms with E-state index in [1.165, 1.54) is 32.0 Å². The van der Waals surface area contributed by atoms with Crippen LogP contribution < -0.4 is 14.8 Å². The van der Waals surface area contributed by atoms with Crippen LogP contribution in [0.3, 0.4) is 0 Å². The van der Waals surface area contributed by atoms with E-state index in [2.05, 4.69) is 41.9 Å². The summed E-state index contributed by atoms with van der Waals surface area (Å²) in [6, 6.07) is 7.79. The largest absolute Gasteiger partial charge is 0.487 e. The summed E-state index contributed by atoms with van der Waals surface area (Å²) in [5.41, 5.74) is 2.47. The zero-order valence-corrected chi connectivity index (χ0v) is 29.2. The van der Waals surface area contributed by atoms with Crippen molar-refractivity contribution in [2.75, 3.05) is 38.9 Å². The van der Waals surface area contributed by atoms with E-state index in [4.69, 9.17) is 35.6 Å². The van der Waals surface area contributed by atoms with Gasteiger partial charge in [0.2, 0.25) is 5.95 Å². The molecule has 5 heterocycles. The highest BCUT2D eigenvalue weighted by Crippen LogP contribution is 2.40. The third kappa shape index (κ3) is 8.01. The number of hydrogen-bond donors (Lipinski definition) is 1. The minimum Gasteiger partial charge on any atom is -0.487 e. The highest BCUT2D eigenvalue weighted by atomic mass is 35.5. The van der Waals surface area contributed by atoms with Gasteiger partial charge in [0, 0.05) is 49.1 Å². The molecule has 1 aliphatic carbocycles. The Morgan fingerprint density at radius 1 is 0.959 bits per heavy atom. The van der Waals surface area contributed by atoms with Crippen molar-refractivity contribution in [1.29, 1.82) is 0 Å². The molecule has 3 fully saturated rings. The van der Waals surface area contributed by atoms with Gasteiger partial charge in [-0.1, -0.05) is 24.6 Å². The number of hydrogen-bond acceptors (Lipinski definition) is 11. The number of ether oxygens (including phenoxy) is 4. The third-order valence-corrected chi connectivity index (χ3v) is 10.1. The Hall–Kier alpha value is -3.78. The molecule has 0 spiro atoms. The lowest BCUT2D eigenvalue weighted by Gasteiger charge is -2.43. The first-order valence-corrected chi connectivity index (χ1v) is 17.8. The molecule has 2 aliphatic heterocycles. The second-order valence-electron chi connectivity index (χ2n) is 13.6. The SMILES string of the molecule is COCC(C)COc1nn([C@H]2CC[C@H](N3[C@@H]4CC[C@H]3COC4)CC2)cc1Nc1ncc(-c2ccc(Cl)c(O[C@@H](C)Cn3cncn3)c2)cn1. The van der Waals surface area contributed by atoms with Crippen LogP contribution in [0.25, 0.3) is 11.1 Å². The van der Waals surface area contributed by atoms with Gasteiger partial charge >= 0.3 is 0 Å². The fourth-order valence-electron chi connectivity index (χ4n) is 7.47. The average Bonchev–Trinajstić information content (AvgIpc) is 3.83. The van der Waals surface area contributed by atoms with Crippen molar-refractivity contribution in [2.24, 2.45) is 5.92 Å². The molecule has 3 aromatic heterocycles. The van der Waals surface area contributed by atoms with E-state index >= 15 is 0 Å². The van der Waals surface area contributed by atoms with Crippen molar-refractivity contribution < 1.29 is 18.9 Å². The average molecular weight is 692 g/mol. The number of halogens is 1. The highest BCUT2D eigenvalue weighted by Gasteiger charge is 2.42. The van der Waals surface area contributed by atoms with Gasteiger partial charge in [-0.25, -0.2) is 19.6 Å². The van der Waals surface area contributed by atoms with Gasteiger partial charge in [-0.3, -0.25) is 9.58 Å². The Morgan fingerprint density at radius 2 is 1.69 bits per heavy atom. The van der Waals surface area contributed by atoms with Crippen LogP contribution in [-0.2, 0) is 16.0 Å². The number of morpholine rings is 1. The van der Waals surface area contributed by atoms with Crippen LogP contribution in [0.5, 0.6) is 11.6 Å². The molecule has 3 aliphatic rings. The van der Waals surface area contributed by atoms with Crippen LogP contribution in [0.2, 0.25) is 5.02 Å². The number of methoxy groups -OCH3 is 1. The van der Waals surface area contributed by atoms with E-state index in [1.54, 1.807) is 30.5 Å². The van der Waals surface area contributed by atoms with Crippen LogP contribution in [0.4, 0.5) is 11.6 Å². The van der Waals surface area contributed by atoms with Gasteiger partial charge < -0.3 is 24.3 Å². The first-order chi connectivity index (χ1) is 23.9. The van der Waals surface area contributed by atoms with E-state index in [-0.39, 0.29) is 12.0 Å². The van der Waals surface area contributed by atoms with Gasteiger partial charge in [0.05, 0.1) is 50.2 Å². The smallest absolute Gasteiger partial charge is 0.256 e. The summed E-state index contributed by atoms with van der Waals surface area (Å²) in [6.45, 7) is 7.48. The molecule has 49 heavy (non-hydrogen) atoms. The lowest BCUT2D eigenvalue weighted by Crippen LogP contribution is -2.52. The molecule has 4 atom stereocenters. The monoisotopic (exact) mass is 691 g/mol. The van der Waals surface area contributed by atoms with Gasteiger partial charge in [0.15, 0.2) is 0 Å². The predicted octanol–water partition coefficient (Wildman–Crippen LogP) is 5.80. The standard InChI is InChI=1S/C35H46ClN9O4/c1-23(17-46-3)18-48-34-32(16-44(42-34)27-5-7-28(8-6-27)45-29-9-10-30(45)20-47-19-29)41-35-38-13-26(14-39-35)25-4-11-31(36)33(12-25)49-24(2)15-43-22-37-21-40-43/h4,11-14,16,21-24,27-30H,5-10,15,17-20H2,1-3H3,(H,38,39,41)/t23?,24-,27-,28-,29-,30+/m0/s1. The first kappa shape index (κ1) is 33.7. The summed E-state index contributed by atoms with van der Waals surface area (Å²) >= 11 is 6.48. The van der Waals surface area contributed by atoms with Gasteiger partial charge in [0.1, 0.15) is 30.2 Å². The molecule has 0 amide bonds. The van der Waals surface area contributed by atoms with Crippen molar-refractivity contribution in [3.63, 3.8) is 0 Å². The molecule has 2 saturated heterocycles. The summed E-state index contributed by atoms with van der Waals surface area (Å²) in [4.78, 5) is 16.0. The number of aromatic nitrogens is 7. The number of rotatable bonds is 14. The molecule has 1 aromatic carbocycles. The summed E-state index contributed by atoms with van der Waals surface area (Å²) in [7, 11) is 1.71. The van der Waals surface area contributed by atoms with E-state index < -0.39 is 0 Å². The lowest BCUT2D eigenvalue weighted by atomic mass is 9.89. The topological polar surface area (TPSA) is 127 Å². The van der Waals surface area contributed by atoms with Crippen molar-refractivity contribution in [3.05, 3.63) is 54.5 Å². The quantitative estimate of drug-likeness (QED) is 0.172. The van der Waals surface area contributed by atoms with Crippen LogP contribution in [0.15, 0.2) is 49.4 Å². The Balaban J connectivity index is 1.02. The van der Waals surface area contributed by atoms with E-state index in [0.29, 0.717) is 66.5 Å². The number of benzene rings is 1. The maximum absolute atomic E-state index is 6.48. The Bertz CT molecular complexity index is 1630. The van der Waals surface area contributed by atoms with Crippen molar-refractivity contribution in [3.8, 4) is 22.8 Å².